The van der Waals surface area contributed by atoms with Gasteiger partial charge in [-0.2, -0.15) is 5.10 Å². The van der Waals surface area contributed by atoms with E-state index in [1.54, 1.807) is 6.21 Å². The van der Waals surface area contributed by atoms with Crippen molar-refractivity contribution in [1.82, 2.24) is 10.4 Å². The third-order valence-corrected chi connectivity index (χ3v) is 4.84. The Balaban J connectivity index is 1.35. The lowest BCUT2D eigenvalue weighted by atomic mass is 10.2. The maximum absolute atomic E-state index is 5.93. The molecule has 0 aliphatic heterocycles. The molecule has 0 fully saturated rings. The fraction of sp³-hybridized carbons (Fsp3) is 0.120. The van der Waals surface area contributed by atoms with Crippen LogP contribution < -0.4 is 15.9 Å². The standard InChI is InChI=1S/C25H25N5O/c26-25(27-14-13-19-7-3-1-4-8-19)30-29-17-21-16-28-24-12-11-22(15-23(21)24)31-18-20-9-5-2-6-10-20/h1-12,15-17,28H,13-14,18H2,(H3,26,27,30)/b29-17+. The number of aromatic amines is 1. The number of hydrogen-bond donors (Lipinski definition) is 3. The van der Waals surface area contributed by atoms with E-state index in [1.807, 2.05) is 72.9 Å². The number of hydrogen-bond acceptors (Lipinski definition) is 3. The van der Waals surface area contributed by atoms with Gasteiger partial charge in [-0.1, -0.05) is 60.7 Å². The van der Waals surface area contributed by atoms with E-state index in [-0.39, 0.29) is 0 Å². The molecule has 4 aromatic rings. The summed E-state index contributed by atoms with van der Waals surface area (Å²) in [6, 6.07) is 26.3. The number of benzene rings is 3. The molecule has 1 heterocycles. The van der Waals surface area contributed by atoms with Crippen LogP contribution in [0.5, 0.6) is 5.75 Å². The first kappa shape index (κ1) is 20.2. The van der Waals surface area contributed by atoms with Gasteiger partial charge in [0.2, 0.25) is 5.96 Å². The van der Waals surface area contributed by atoms with E-state index >= 15 is 0 Å². The highest BCUT2D eigenvalue weighted by Crippen LogP contribution is 2.23. The summed E-state index contributed by atoms with van der Waals surface area (Å²) >= 11 is 0. The molecule has 0 aliphatic rings. The van der Waals surface area contributed by atoms with Crippen LogP contribution in [0.25, 0.3) is 10.9 Å². The van der Waals surface area contributed by atoms with Gasteiger partial charge in [0, 0.05) is 29.2 Å². The Bertz CT molecular complexity index is 1170. The number of guanidine groups is 1. The summed E-state index contributed by atoms with van der Waals surface area (Å²) in [5.74, 6) is 1.10. The molecule has 6 heteroatoms. The first-order chi connectivity index (χ1) is 15.3. The lowest BCUT2D eigenvalue weighted by Crippen LogP contribution is -2.27. The molecule has 4 N–H and O–H groups in total. The predicted octanol–water partition coefficient (Wildman–Crippen LogP) is 4.23. The van der Waals surface area contributed by atoms with Gasteiger partial charge in [0.25, 0.3) is 0 Å². The minimum Gasteiger partial charge on any atom is -0.489 e. The fourth-order valence-corrected chi connectivity index (χ4v) is 3.21. The molecular formula is C25H25N5O. The van der Waals surface area contributed by atoms with Crippen molar-refractivity contribution >= 4 is 23.1 Å². The SMILES string of the molecule is NC(=NCCc1ccccc1)N/N=C/c1c[nH]c2ccc(OCc3ccccc3)cc12. The third-order valence-electron chi connectivity index (χ3n) is 4.84. The Kier molecular flexibility index (Phi) is 6.60. The van der Waals surface area contributed by atoms with Crippen LogP contribution in [0.3, 0.4) is 0 Å². The lowest BCUT2D eigenvalue weighted by molar-refractivity contribution is 0.306. The quantitative estimate of drug-likeness (QED) is 0.230. The number of nitrogens with zero attached hydrogens (tertiary/aromatic N) is 2. The minimum absolute atomic E-state index is 0.291. The largest absolute Gasteiger partial charge is 0.489 e. The molecule has 0 amide bonds. The molecule has 0 saturated carbocycles. The van der Waals surface area contributed by atoms with E-state index in [2.05, 4.69) is 32.6 Å². The normalized spacial score (nSPS) is 11.8. The maximum atomic E-state index is 5.93. The molecule has 0 radical (unpaired) electrons. The first-order valence-corrected chi connectivity index (χ1v) is 10.2. The van der Waals surface area contributed by atoms with Gasteiger partial charge >= 0.3 is 0 Å². The number of H-pyrrole nitrogens is 1. The summed E-state index contributed by atoms with van der Waals surface area (Å²) in [5.41, 5.74) is 13.0. The van der Waals surface area contributed by atoms with Crippen LogP contribution in [-0.2, 0) is 13.0 Å². The number of aromatic nitrogens is 1. The molecule has 31 heavy (non-hydrogen) atoms. The van der Waals surface area contributed by atoms with Crippen molar-refractivity contribution in [2.45, 2.75) is 13.0 Å². The van der Waals surface area contributed by atoms with E-state index in [9.17, 15) is 0 Å². The van der Waals surface area contributed by atoms with Crippen molar-refractivity contribution in [2.24, 2.45) is 15.8 Å². The molecule has 0 spiro atoms. The zero-order valence-electron chi connectivity index (χ0n) is 17.2. The summed E-state index contributed by atoms with van der Waals surface area (Å²) in [6.45, 7) is 1.13. The number of ether oxygens (including phenoxy) is 1. The van der Waals surface area contributed by atoms with Crippen molar-refractivity contribution in [2.75, 3.05) is 6.54 Å². The minimum atomic E-state index is 0.291. The van der Waals surface area contributed by atoms with Crippen molar-refractivity contribution < 1.29 is 4.74 Å². The van der Waals surface area contributed by atoms with Crippen LogP contribution in [0.2, 0.25) is 0 Å². The molecule has 0 atom stereocenters. The second-order valence-electron chi connectivity index (χ2n) is 7.10. The Morgan fingerprint density at radius 1 is 0.968 bits per heavy atom. The van der Waals surface area contributed by atoms with Crippen molar-refractivity contribution in [3.63, 3.8) is 0 Å². The van der Waals surface area contributed by atoms with Crippen LogP contribution in [0.1, 0.15) is 16.7 Å². The number of rotatable bonds is 8. The molecule has 0 aliphatic carbocycles. The second-order valence-corrected chi connectivity index (χ2v) is 7.10. The topological polar surface area (TPSA) is 87.8 Å². The Hall–Kier alpha value is -4.06. The van der Waals surface area contributed by atoms with Gasteiger partial charge in [-0.25, -0.2) is 5.43 Å². The van der Waals surface area contributed by atoms with Crippen LogP contribution >= 0.6 is 0 Å². The number of hydrazone groups is 1. The zero-order chi connectivity index (χ0) is 21.3. The Morgan fingerprint density at radius 2 is 1.71 bits per heavy atom. The molecule has 0 unspecified atom stereocenters. The van der Waals surface area contributed by atoms with Gasteiger partial charge in [0.05, 0.1) is 6.21 Å². The van der Waals surface area contributed by atoms with Crippen LogP contribution in [-0.4, -0.2) is 23.7 Å². The number of aliphatic imine (C=N–C) groups is 1. The summed E-state index contributed by atoms with van der Waals surface area (Å²) in [4.78, 5) is 7.55. The average Bonchev–Trinajstić information content (AvgIpc) is 3.21. The summed E-state index contributed by atoms with van der Waals surface area (Å²) < 4.78 is 5.93. The van der Waals surface area contributed by atoms with Gasteiger partial charge < -0.3 is 15.5 Å². The van der Waals surface area contributed by atoms with E-state index in [0.29, 0.717) is 19.1 Å². The van der Waals surface area contributed by atoms with Crippen LogP contribution in [0.4, 0.5) is 0 Å². The highest BCUT2D eigenvalue weighted by atomic mass is 16.5. The Morgan fingerprint density at radius 3 is 2.48 bits per heavy atom. The predicted molar refractivity (Wildman–Crippen MR) is 126 cm³/mol. The molecule has 4 rings (SSSR count). The number of nitrogens with one attached hydrogen (secondary N) is 2. The summed E-state index contributed by atoms with van der Waals surface area (Å²) in [7, 11) is 0. The number of fused-ring (bicyclic) bond motifs is 1. The lowest BCUT2D eigenvalue weighted by Gasteiger charge is -2.06. The molecule has 0 saturated heterocycles. The summed E-state index contributed by atoms with van der Waals surface area (Å²) in [5, 5.41) is 5.24. The smallest absolute Gasteiger partial charge is 0.209 e. The van der Waals surface area contributed by atoms with Crippen LogP contribution in [0, 0.1) is 0 Å². The average molecular weight is 412 g/mol. The maximum Gasteiger partial charge on any atom is 0.209 e. The van der Waals surface area contributed by atoms with Gasteiger partial charge in [-0.15, -0.1) is 0 Å². The van der Waals surface area contributed by atoms with Gasteiger partial charge in [-0.3, -0.25) is 4.99 Å². The van der Waals surface area contributed by atoms with E-state index in [0.717, 1.165) is 34.2 Å². The van der Waals surface area contributed by atoms with Crippen molar-refractivity contribution in [3.8, 4) is 5.75 Å². The zero-order valence-corrected chi connectivity index (χ0v) is 17.2. The van der Waals surface area contributed by atoms with Gasteiger partial charge in [0.1, 0.15) is 12.4 Å². The first-order valence-electron chi connectivity index (χ1n) is 10.2. The monoisotopic (exact) mass is 411 g/mol. The third kappa shape index (κ3) is 5.73. The molecule has 3 aromatic carbocycles. The molecular weight excluding hydrogens is 386 g/mol. The highest BCUT2D eigenvalue weighted by molar-refractivity contribution is 5.99. The molecule has 6 nitrogen and oxygen atoms in total. The fourth-order valence-electron chi connectivity index (χ4n) is 3.21. The van der Waals surface area contributed by atoms with Crippen LogP contribution in [0.15, 0.2) is 95.2 Å². The second kappa shape index (κ2) is 10.1. The summed E-state index contributed by atoms with van der Waals surface area (Å²) in [6.07, 6.45) is 4.46. The van der Waals surface area contributed by atoms with E-state index < -0.39 is 0 Å². The highest BCUT2D eigenvalue weighted by Gasteiger charge is 2.04. The molecule has 1 aromatic heterocycles. The van der Waals surface area contributed by atoms with Crippen molar-refractivity contribution in [1.29, 1.82) is 0 Å². The molecule has 156 valence electrons. The van der Waals surface area contributed by atoms with Gasteiger partial charge in [-0.05, 0) is 35.7 Å². The van der Waals surface area contributed by atoms with Crippen molar-refractivity contribution in [3.05, 3.63) is 102 Å². The van der Waals surface area contributed by atoms with Gasteiger partial charge in [0.15, 0.2) is 0 Å². The molecule has 0 bridgehead atoms. The Labute approximate surface area is 181 Å². The van der Waals surface area contributed by atoms with E-state index in [1.165, 1.54) is 5.56 Å². The number of nitrogens with two attached hydrogens (primary N) is 1. The van der Waals surface area contributed by atoms with E-state index in [4.69, 9.17) is 10.5 Å².